The SMILES string of the molecule is C=C(/N=C(\C)N[C@H](C)CO)c1cccc(Cl)c1. The Hall–Kier alpha value is -1.32. The molecule has 0 aliphatic carbocycles. The van der Waals surface area contributed by atoms with Crippen molar-refractivity contribution in [1.29, 1.82) is 0 Å². The number of halogens is 1. The number of benzene rings is 1. The molecule has 0 spiro atoms. The van der Waals surface area contributed by atoms with Gasteiger partial charge in [0.05, 0.1) is 18.1 Å². The largest absolute Gasteiger partial charge is 0.394 e. The molecule has 0 fully saturated rings. The highest BCUT2D eigenvalue weighted by molar-refractivity contribution is 6.30. The van der Waals surface area contributed by atoms with E-state index in [1.165, 1.54) is 0 Å². The topological polar surface area (TPSA) is 44.6 Å². The van der Waals surface area contributed by atoms with Crippen molar-refractivity contribution in [3.63, 3.8) is 0 Å². The third-order valence-corrected chi connectivity index (χ3v) is 2.42. The number of aliphatic hydroxyl groups excluding tert-OH is 1. The fraction of sp³-hybridized carbons (Fsp3) is 0.308. The third-order valence-electron chi connectivity index (χ3n) is 2.19. The lowest BCUT2D eigenvalue weighted by atomic mass is 10.2. The highest BCUT2D eigenvalue weighted by Crippen LogP contribution is 2.18. The lowest BCUT2D eigenvalue weighted by Gasteiger charge is -2.12. The van der Waals surface area contributed by atoms with Gasteiger partial charge < -0.3 is 10.4 Å². The van der Waals surface area contributed by atoms with Gasteiger partial charge in [-0.15, -0.1) is 0 Å². The lowest BCUT2D eigenvalue weighted by molar-refractivity contribution is 0.264. The molecule has 0 saturated heterocycles. The molecule has 1 aromatic rings. The monoisotopic (exact) mass is 252 g/mol. The van der Waals surface area contributed by atoms with Crippen LogP contribution in [-0.4, -0.2) is 23.6 Å². The molecule has 0 aliphatic rings. The van der Waals surface area contributed by atoms with Crippen LogP contribution in [0.2, 0.25) is 5.02 Å². The van der Waals surface area contributed by atoms with E-state index >= 15 is 0 Å². The van der Waals surface area contributed by atoms with E-state index in [-0.39, 0.29) is 12.6 Å². The lowest BCUT2D eigenvalue weighted by Crippen LogP contribution is -2.33. The Kier molecular flexibility index (Phi) is 5.19. The number of rotatable bonds is 4. The Labute approximate surface area is 107 Å². The summed E-state index contributed by atoms with van der Waals surface area (Å²) in [5.41, 5.74) is 1.53. The average molecular weight is 253 g/mol. The molecule has 1 aromatic carbocycles. The first kappa shape index (κ1) is 13.7. The normalized spacial score (nSPS) is 13.3. The molecule has 17 heavy (non-hydrogen) atoms. The van der Waals surface area contributed by atoms with Crippen molar-refractivity contribution >= 4 is 23.1 Å². The van der Waals surface area contributed by atoms with E-state index in [1.807, 2.05) is 32.0 Å². The average Bonchev–Trinajstić information content (AvgIpc) is 2.28. The first-order chi connectivity index (χ1) is 8.02. The molecule has 0 bridgehead atoms. The van der Waals surface area contributed by atoms with Gasteiger partial charge in [-0.3, -0.25) is 0 Å². The Morgan fingerprint density at radius 3 is 2.88 bits per heavy atom. The molecule has 4 heteroatoms. The van der Waals surface area contributed by atoms with Gasteiger partial charge in [0, 0.05) is 16.6 Å². The van der Waals surface area contributed by atoms with Crippen LogP contribution in [0.4, 0.5) is 0 Å². The quantitative estimate of drug-likeness (QED) is 0.639. The van der Waals surface area contributed by atoms with Gasteiger partial charge in [-0.1, -0.05) is 30.3 Å². The Bertz CT molecular complexity index is 429. The number of hydrogen-bond acceptors (Lipinski definition) is 2. The molecule has 0 amide bonds. The van der Waals surface area contributed by atoms with Crippen molar-refractivity contribution < 1.29 is 5.11 Å². The summed E-state index contributed by atoms with van der Waals surface area (Å²) in [7, 11) is 0. The molecule has 0 aromatic heterocycles. The second-order valence-corrected chi connectivity index (χ2v) is 4.32. The fourth-order valence-electron chi connectivity index (χ4n) is 1.37. The van der Waals surface area contributed by atoms with Gasteiger partial charge in [0.1, 0.15) is 0 Å². The van der Waals surface area contributed by atoms with Gasteiger partial charge >= 0.3 is 0 Å². The summed E-state index contributed by atoms with van der Waals surface area (Å²) in [4.78, 5) is 4.32. The van der Waals surface area contributed by atoms with E-state index in [2.05, 4.69) is 16.9 Å². The summed E-state index contributed by atoms with van der Waals surface area (Å²) in [6.45, 7) is 7.67. The van der Waals surface area contributed by atoms with Gasteiger partial charge in [-0.25, -0.2) is 4.99 Å². The van der Waals surface area contributed by atoms with Gasteiger partial charge in [0.25, 0.3) is 0 Å². The minimum absolute atomic E-state index is 0.0223. The van der Waals surface area contributed by atoms with Gasteiger partial charge in [0.15, 0.2) is 0 Å². The van der Waals surface area contributed by atoms with E-state index < -0.39 is 0 Å². The molecule has 0 heterocycles. The standard InChI is InChI=1S/C13H17ClN2O/c1-9(8-17)15-11(3)16-10(2)12-5-4-6-13(14)7-12/h4-7,9,17H,2,8H2,1,3H3,(H,15,16)/t9-/m1/s1. The van der Waals surface area contributed by atoms with E-state index in [0.29, 0.717) is 10.7 Å². The molecule has 0 saturated carbocycles. The number of aliphatic hydroxyl groups is 1. The van der Waals surface area contributed by atoms with Crippen LogP contribution < -0.4 is 5.32 Å². The molecule has 1 rings (SSSR count). The zero-order valence-electron chi connectivity index (χ0n) is 10.1. The van der Waals surface area contributed by atoms with Crippen LogP contribution >= 0.6 is 11.6 Å². The van der Waals surface area contributed by atoms with Crippen molar-refractivity contribution in [3.8, 4) is 0 Å². The predicted octanol–water partition coefficient (Wildman–Crippen LogP) is 2.70. The van der Waals surface area contributed by atoms with Gasteiger partial charge in [0.2, 0.25) is 0 Å². The summed E-state index contributed by atoms with van der Waals surface area (Å²) in [6.07, 6.45) is 0. The summed E-state index contributed by atoms with van der Waals surface area (Å²) in [5.74, 6) is 0.719. The van der Waals surface area contributed by atoms with Crippen LogP contribution in [0.15, 0.2) is 35.8 Å². The van der Waals surface area contributed by atoms with E-state index in [1.54, 1.807) is 6.07 Å². The first-order valence-corrected chi connectivity index (χ1v) is 5.78. The minimum Gasteiger partial charge on any atom is -0.394 e. The maximum absolute atomic E-state index is 8.91. The Morgan fingerprint density at radius 1 is 1.59 bits per heavy atom. The highest BCUT2D eigenvalue weighted by atomic mass is 35.5. The maximum atomic E-state index is 8.91. The molecule has 0 unspecified atom stereocenters. The second kappa shape index (κ2) is 6.42. The minimum atomic E-state index is -0.0223. The van der Waals surface area contributed by atoms with Crippen LogP contribution in [0.5, 0.6) is 0 Å². The number of amidine groups is 1. The smallest absolute Gasteiger partial charge is 0.0993 e. The van der Waals surface area contributed by atoms with Crippen LogP contribution in [0, 0.1) is 0 Å². The maximum Gasteiger partial charge on any atom is 0.0993 e. The molecular weight excluding hydrogens is 236 g/mol. The zero-order valence-corrected chi connectivity index (χ0v) is 10.8. The van der Waals surface area contributed by atoms with Gasteiger partial charge in [-0.2, -0.15) is 0 Å². The zero-order chi connectivity index (χ0) is 12.8. The van der Waals surface area contributed by atoms with E-state index in [9.17, 15) is 0 Å². The van der Waals surface area contributed by atoms with Crippen LogP contribution in [0.3, 0.4) is 0 Å². The number of nitrogens with one attached hydrogen (secondary N) is 1. The third kappa shape index (κ3) is 4.59. The summed E-state index contributed by atoms with van der Waals surface area (Å²) >= 11 is 5.89. The summed E-state index contributed by atoms with van der Waals surface area (Å²) in [6, 6.07) is 7.36. The number of nitrogens with zero attached hydrogens (tertiary/aromatic N) is 1. The predicted molar refractivity (Wildman–Crippen MR) is 73.3 cm³/mol. The molecule has 3 nitrogen and oxygen atoms in total. The molecule has 2 N–H and O–H groups in total. The van der Waals surface area contributed by atoms with Crippen LogP contribution in [0.25, 0.3) is 5.70 Å². The second-order valence-electron chi connectivity index (χ2n) is 3.88. The van der Waals surface area contributed by atoms with E-state index in [4.69, 9.17) is 16.7 Å². The molecule has 0 aliphatic heterocycles. The fourth-order valence-corrected chi connectivity index (χ4v) is 1.56. The first-order valence-electron chi connectivity index (χ1n) is 5.40. The summed E-state index contributed by atoms with van der Waals surface area (Å²) in [5, 5.41) is 12.6. The van der Waals surface area contributed by atoms with Crippen molar-refractivity contribution in [3.05, 3.63) is 41.4 Å². The molecule has 0 radical (unpaired) electrons. The molecular formula is C13H17ClN2O. The van der Waals surface area contributed by atoms with Gasteiger partial charge in [-0.05, 0) is 26.0 Å². The summed E-state index contributed by atoms with van der Waals surface area (Å²) < 4.78 is 0. The number of aliphatic imine (C=N–C) groups is 1. The molecule has 92 valence electrons. The van der Waals surface area contributed by atoms with Crippen molar-refractivity contribution in [2.45, 2.75) is 19.9 Å². The van der Waals surface area contributed by atoms with Crippen molar-refractivity contribution in [2.75, 3.05) is 6.61 Å². The molecule has 1 atom stereocenters. The van der Waals surface area contributed by atoms with E-state index in [0.717, 1.165) is 11.4 Å². The highest BCUT2D eigenvalue weighted by Gasteiger charge is 2.02. The van der Waals surface area contributed by atoms with Crippen molar-refractivity contribution in [2.24, 2.45) is 4.99 Å². The van der Waals surface area contributed by atoms with Crippen LogP contribution in [-0.2, 0) is 0 Å². The Balaban J connectivity index is 2.74. The van der Waals surface area contributed by atoms with Crippen molar-refractivity contribution in [1.82, 2.24) is 5.32 Å². The Morgan fingerprint density at radius 2 is 2.29 bits per heavy atom. The van der Waals surface area contributed by atoms with Crippen LogP contribution in [0.1, 0.15) is 19.4 Å². The number of hydrogen-bond donors (Lipinski definition) is 2.